The van der Waals surface area contributed by atoms with Gasteiger partial charge >= 0.3 is 5.97 Å². The molecule has 0 bridgehead atoms. The van der Waals surface area contributed by atoms with Crippen molar-refractivity contribution in [2.24, 2.45) is 58.0 Å². The highest BCUT2D eigenvalue weighted by atomic mass is 16.6. The van der Waals surface area contributed by atoms with Crippen LogP contribution in [0, 0.1) is 52.3 Å². The third-order valence-electron chi connectivity index (χ3n) is 11.5. The highest BCUT2D eigenvalue weighted by Crippen LogP contribution is 2.70. The van der Waals surface area contributed by atoms with Crippen LogP contribution in [-0.2, 0) is 9.53 Å². The van der Waals surface area contributed by atoms with Gasteiger partial charge in [-0.05, 0) is 104 Å². The maximum absolute atomic E-state index is 12.9. The lowest BCUT2D eigenvalue weighted by Gasteiger charge is -2.61. The second-order valence-electron chi connectivity index (χ2n) is 13.2. The van der Waals surface area contributed by atoms with Gasteiger partial charge in [-0.2, -0.15) is 0 Å². The number of rotatable bonds is 3. The highest BCUT2D eigenvalue weighted by Gasteiger charge is 2.71. The van der Waals surface area contributed by atoms with Crippen LogP contribution >= 0.6 is 0 Å². The van der Waals surface area contributed by atoms with E-state index < -0.39 is 11.6 Å². The Balaban J connectivity index is 1.43. The fraction of sp³-hybridized carbons (Fsp3) is 0.893. The molecule has 5 fully saturated rings. The van der Waals surface area contributed by atoms with Crippen LogP contribution in [-0.4, -0.2) is 28.8 Å². The number of carbonyl (C=O) groups is 1. The summed E-state index contributed by atoms with van der Waals surface area (Å²) in [6.45, 7) is 11.4. The second kappa shape index (κ2) is 7.57. The smallest absolute Gasteiger partial charge is 0.342 e. The molecular formula is C28H45NO3. The Morgan fingerprint density at radius 1 is 1.03 bits per heavy atom. The van der Waals surface area contributed by atoms with Crippen LogP contribution in [0.5, 0.6) is 0 Å². The number of nitrogens with two attached hydrogens (primary N) is 1. The van der Waals surface area contributed by atoms with Crippen molar-refractivity contribution in [3.05, 3.63) is 12.2 Å². The summed E-state index contributed by atoms with van der Waals surface area (Å²) in [7, 11) is 0. The number of hydrogen-bond acceptors (Lipinski definition) is 4. The van der Waals surface area contributed by atoms with Gasteiger partial charge in [0.25, 0.3) is 0 Å². The van der Waals surface area contributed by atoms with Crippen LogP contribution in [0.3, 0.4) is 0 Å². The topological polar surface area (TPSA) is 72.5 Å². The average molecular weight is 444 g/mol. The van der Waals surface area contributed by atoms with Gasteiger partial charge in [0, 0.05) is 12.0 Å². The van der Waals surface area contributed by atoms with Crippen molar-refractivity contribution in [1.82, 2.24) is 0 Å². The maximum atomic E-state index is 12.9. The molecule has 180 valence electrons. The fourth-order valence-corrected chi connectivity index (χ4v) is 9.23. The quantitative estimate of drug-likeness (QED) is 0.471. The van der Waals surface area contributed by atoms with Crippen LogP contribution in [0.1, 0.15) is 86.0 Å². The molecule has 1 aliphatic heterocycles. The second-order valence-corrected chi connectivity index (χ2v) is 13.2. The predicted molar refractivity (Wildman–Crippen MR) is 127 cm³/mol. The minimum Gasteiger partial charge on any atom is -0.460 e. The van der Waals surface area contributed by atoms with E-state index in [9.17, 15) is 9.90 Å². The minimum atomic E-state index is -1.47. The molecule has 5 aliphatic rings. The van der Waals surface area contributed by atoms with Gasteiger partial charge < -0.3 is 15.6 Å². The molecule has 0 spiro atoms. The number of ether oxygens (including phenoxy) is 1. The molecule has 5 unspecified atom stereocenters. The minimum absolute atomic E-state index is 0.0353. The van der Waals surface area contributed by atoms with E-state index in [1.807, 2.05) is 12.2 Å². The number of carbonyl (C=O) groups excluding carboxylic acids is 1. The SMILES string of the molecule is CC(C)C(C)/C=C/[C@@]1(O)C(=O)O[C@H]2CC3C4CCC5C[C@@H](N)CC[C@]5(C)C4CC[C@]3(C)[C@H]21. The Bertz CT molecular complexity index is 794. The molecule has 11 atom stereocenters. The first-order chi connectivity index (χ1) is 15.0. The molecule has 4 heteroatoms. The first kappa shape index (κ1) is 22.9. The van der Waals surface area contributed by atoms with Crippen molar-refractivity contribution < 1.29 is 14.6 Å². The number of fused-ring (bicyclic) bond motifs is 7. The lowest BCUT2D eigenvalue weighted by Crippen LogP contribution is -2.56. The molecule has 1 heterocycles. The van der Waals surface area contributed by atoms with E-state index in [2.05, 4.69) is 34.6 Å². The Kier molecular flexibility index (Phi) is 5.41. The van der Waals surface area contributed by atoms with Crippen LogP contribution in [0.25, 0.3) is 0 Å². The van der Waals surface area contributed by atoms with Gasteiger partial charge in [-0.3, -0.25) is 0 Å². The molecule has 0 aromatic heterocycles. The highest BCUT2D eigenvalue weighted by molar-refractivity contribution is 5.85. The van der Waals surface area contributed by atoms with E-state index in [4.69, 9.17) is 10.5 Å². The van der Waals surface area contributed by atoms with E-state index in [1.165, 1.54) is 38.5 Å². The molecule has 3 N–H and O–H groups in total. The van der Waals surface area contributed by atoms with Crippen LogP contribution in [0.4, 0.5) is 0 Å². The lowest BCUT2D eigenvalue weighted by molar-refractivity contribution is -0.159. The number of aliphatic hydroxyl groups is 1. The molecule has 0 aromatic carbocycles. The Labute approximate surface area is 194 Å². The summed E-state index contributed by atoms with van der Waals surface area (Å²) < 4.78 is 5.92. The molecule has 1 saturated heterocycles. The van der Waals surface area contributed by atoms with Crippen molar-refractivity contribution >= 4 is 5.97 Å². The third kappa shape index (κ3) is 3.11. The molecule has 0 amide bonds. The molecular weight excluding hydrogens is 398 g/mol. The summed E-state index contributed by atoms with van der Waals surface area (Å²) in [4.78, 5) is 12.9. The lowest BCUT2D eigenvalue weighted by atomic mass is 9.44. The zero-order chi connectivity index (χ0) is 23.1. The monoisotopic (exact) mass is 443 g/mol. The van der Waals surface area contributed by atoms with E-state index >= 15 is 0 Å². The zero-order valence-corrected chi connectivity index (χ0v) is 20.8. The standard InChI is InChI=1S/C28H45NO3/c1-16(2)17(3)8-13-28(31)24-23(32-25(28)30)15-22-20-7-6-18-14-19(29)9-11-26(18,4)21(20)10-12-27(22,24)5/h8,13,16-24,31H,6-7,9-12,14-15,29H2,1-5H3/b13-8+/t17?,18?,19-,20?,21?,22?,23-,24-,26-,27-,28-/m0/s1. The van der Waals surface area contributed by atoms with Gasteiger partial charge in [0.05, 0.1) is 0 Å². The van der Waals surface area contributed by atoms with E-state index in [1.54, 1.807) is 0 Å². The molecule has 0 radical (unpaired) electrons. The van der Waals surface area contributed by atoms with Gasteiger partial charge in [0.1, 0.15) is 6.10 Å². The van der Waals surface area contributed by atoms with E-state index in [0.717, 1.165) is 24.7 Å². The largest absolute Gasteiger partial charge is 0.460 e. The fourth-order valence-electron chi connectivity index (χ4n) is 9.23. The van der Waals surface area contributed by atoms with Gasteiger partial charge in [0.15, 0.2) is 5.60 Å². The Morgan fingerprint density at radius 2 is 1.75 bits per heavy atom. The van der Waals surface area contributed by atoms with Crippen molar-refractivity contribution in [2.45, 2.75) is 104 Å². The van der Waals surface area contributed by atoms with Gasteiger partial charge in [0.2, 0.25) is 0 Å². The molecule has 32 heavy (non-hydrogen) atoms. The Morgan fingerprint density at radius 3 is 2.47 bits per heavy atom. The van der Waals surface area contributed by atoms with Crippen molar-refractivity contribution in [2.75, 3.05) is 0 Å². The summed E-state index contributed by atoms with van der Waals surface area (Å²) in [5.74, 6) is 3.02. The molecule has 4 aliphatic carbocycles. The number of allylic oxidation sites excluding steroid dienone is 1. The van der Waals surface area contributed by atoms with Gasteiger partial charge in [-0.1, -0.05) is 40.7 Å². The number of hydrogen-bond donors (Lipinski definition) is 2. The van der Waals surface area contributed by atoms with Crippen molar-refractivity contribution in [1.29, 1.82) is 0 Å². The summed E-state index contributed by atoms with van der Waals surface area (Å²) in [6, 6.07) is 0.388. The molecule has 4 nitrogen and oxygen atoms in total. The van der Waals surface area contributed by atoms with E-state index in [0.29, 0.717) is 35.1 Å². The van der Waals surface area contributed by atoms with Crippen LogP contribution < -0.4 is 5.73 Å². The van der Waals surface area contributed by atoms with Gasteiger partial charge in [-0.25, -0.2) is 4.79 Å². The van der Waals surface area contributed by atoms with Crippen molar-refractivity contribution in [3.63, 3.8) is 0 Å². The summed E-state index contributed by atoms with van der Waals surface area (Å²) in [6.07, 6.45) is 13.2. The number of esters is 1. The predicted octanol–water partition coefficient (Wildman–Crippen LogP) is 5.09. The summed E-state index contributed by atoms with van der Waals surface area (Å²) in [5.41, 5.74) is 5.28. The third-order valence-corrected chi connectivity index (χ3v) is 11.5. The van der Waals surface area contributed by atoms with Crippen LogP contribution in [0.15, 0.2) is 12.2 Å². The van der Waals surface area contributed by atoms with E-state index in [-0.39, 0.29) is 17.4 Å². The molecule has 5 rings (SSSR count). The average Bonchev–Trinajstić information content (AvgIpc) is 3.17. The molecule has 0 aromatic rings. The normalized spacial score (nSPS) is 53.5. The zero-order valence-electron chi connectivity index (χ0n) is 20.8. The first-order valence-corrected chi connectivity index (χ1v) is 13.4. The van der Waals surface area contributed by atoms with Crippen molar-refractivity contribution in [3.8, 4) is 0 Å². The summed E-state index contributed by atoms with van der Waals surface area (Å²) in [5, 5.41) is 11.8. The summed E-state index contributed by atoms with van der Waals surface area (Å²) >= 11 is 0. The maximum Gasteiger partial charge on any atom is 0.342 e. The molecule has 4 saturated carbocycles. The first-order valence-electron chi connectivity index (χ1n) is 13.4. The Hall–Kier alpha value is -0.870. The van der Waals surface area contributed by atoms with Crippen LogP contribution in [0.2, 0.25) is 0 Å². The van der Waals surface area contributed by atoms with Gasteiger partial charge in [-0.15, -0.1) is 0 Å².